The van der Waals surface area contributed by atoms with Crippen molar-refractivity contribution in [2.45, 2.75) is 0 Å². The van der Waals surface area contributed by atoms with E-state index in [0.717, 1.165) is 38.8 Å². The molecule has 9 aromatic carbocycles. The highest BCUT2D eigenvalue weighted by Crippen LogP contribution is 2.52. The number of hydrogen-bond acceptors (Lipinski definition) is 2. The number of para-hydroxylation sites is 3. The molecule has 0 bridgehead atoms. The van der Waals surface area contributed by atoms with Crippen LogP contribution in [0.4, 0.5) is 0 Å². The summed E-state index contributed by atoms with van der Waals surface area (Å²) in [4.78, 5) is 0. The van der Waals surface area contributed by atoms with E-state index in [9.17, 15) is 0 Å². The molecule has 0 unspecified atom stereocenters. The summed E-state index contributed by atoms with van der Waals surface area (Å²) in [6, 6.07) is 59.7. The minimum absolute atomic E-state index is 0.914. The molecule has 0 amide bonds. The molecular formula is C48H27NOS. The van der Waals surface area contributed by atoms with Gasteiger partial charge in [0, 0.05) is 59.0 Å². The highest BCUT2D eigenvalue weighted by atomic mass is 32.1. The predicted octanol–water partition coefficient (Wildman–Crippen LogP) is 14.2. The van der Waals surface area contributed by atoms with E-state index in [1.165, 1.54) is 74.3 Å². The van der Waals surface area contributed by atoms with Gasteiger partial charge in [0.15, 0.2) is 0 Å². The Hall–Kier alpha value is -6.42. The second-order valence-corrected chi connectivity index (χ2v) is 14.6. The average molecular weight is 666 g/mol. The second kappa shape index (κ2) is 10.1. The van der Waals surface area contributed by atoms with Gasteiger partial charge in [0.2, 0.25) is 0 Å². The standard InChI is InChI=1S/C48H27NOS/c1-3-18-34-31(15-1)32-16-2-4-19-35(32)43-42(34)44-37-20-5-8-24-39(37)49(46(44)48-45(43)38-21-7-10-26-41(38)51-48)29-14-11-13-28(27-29)30-22-12-23-36-33-17-6-9-25-40(33)50-47(30)36/h1-27H. The van der Waals surface area contributed by atoms with Crippen molar-refractivity contribution in [2.75, 3.05) is 0 Å². The second-order valence-electron chi connectivity index (χ2n) is 13.6. The molecule has 0 aliphatic carbocycles. The number of rotatable bonds is 2. The molecule has 3 heteroatoms. The molecule has 2 nitrogen and oxygen atoms in total. The molecule has 236 valence electrons. The summed E-state index contributed by atoms with van der Waals surface area (Å²) in [6.07, 6.45) is 0. The fourth-order valence-electron chi connectivity index (χ4n) is 8.88. The lowest BCUT2D eigenvalue weighted by atomic mass is 9.89. The zero-order valence-electron chi connectivity index (χ0n) is 27.4. The molecule has 0 radical (unpaired) electrons. The first-order chi connectivity index (χ1) is 25.3. The maximum atomic E-state index is 6.52. The first-order valence-electron chi connectivity index (χ1n) is 17.4. The van der Waals surface area contributed by atoms with Crippen LogP contribution in [-0.2, 0) is 0 Å². The Morgan fingerprint density at radius 1 is 0.431 bits per heavy atom. The molecule has 0 aliphatic rings. The van der Waals surface area contributed by atoms with Crippen LogP contribution in [0.15, 0.2) is 168 Å². The van der Waals surface area contributed by atoms with Gasteiger partial charge >= 0.3 is 0 Å². The molecule has 0 saturated heterocycles. The SMILES string of the molecule is c1cc(-c2cccc3c2oc2ccccc23)cc(-n2c3ccccc3c3c4c5ccccc5c5ccccc5c4c4c5ccccc5sc4c32)c1. The van der Waals surface area contributed by atoms with Crippen LogP contribution in [0.3, 0.4) is 0 Å². The Morgan fingerprint density at radius 2 is 1.04 bits per heavy atom. The zero-order valence-corrected chi connectivity index (χ0v) is 28.2. The third kappa shape index (κ3) is 3.60. The van der Waals surface area contributed by atoms with Crippen molar-refractivity contribution in [3.05, 3.63) is 164 Å². The lowest BCUT2D eigenvalue weighted by molar-refractivity contribution is 0.670. The van der Waals surface area contributed by atoms with Crippen LogP contribution in [0, 0.1) is 0 Å². The van der Waals surface area contributed by atoms with Gasteiger partial charge in [0.25, 0.3) is 0 Å². The number of nitrogens with zero attached hydrogens (tertiary/aromatic N) is 1. The van der Waals surface area contributed by atoms with Gasteiger partial charge in [0.05, 0.1) is 15.7 Å². The van der Waals surface area contributed by atoms with Gasteiger partial charge in [-0.25, -0.2) is 0 Å². The number of fused-ring (bicyclic) bond motifs is 18. The van der Waals surface area contributed by atoms with Crippen molar-refractivity contribution in [1.82, 2.24) is 4.57 Å². The summed E-state index contributed by atoms with van der Waals surface area (Å²) in [6.45, 7) is 0. The Bertz CT molecular complexity index is 3430. The zero-order chi connectivity index (χ0) is 33.2. The summed E-state index contributed by atoms with van der Waals surface area (Å²) in [5.74, 6) is 0. The summed E-state index contributed by atoms with van der Waals surface area (Å²) in [5.41, 5.74) is 7.67. The number of hydrogen-bond donors (Lipinski definition) is 0. The van der Waals surface area contributed by atoms with Crippen LogP contribution < -0.4 is 0 Å². The van der Waals surface area contributed by atoms with Crippen molar-refractivity contribution in [2.24, 2.45) is 0 Å². The summed E-state index contributed by atoms with van der Waals surface area (Å²) >= 11 is 1.91. The van der Waals surface area contributed by atoms with E-state index in [-0.39, 0.29) is 0 Å². The molecule has 0 N–H and O–H groups in total. The predicted molar refractivity (Wildman–Crippen MR) is 219 cm³/mol. The molecule has 12 rings (SSSR count). The highest BCUT2D eigenvalue weighted by Gasteiger charge is 2.25. The maximum absolute atomic E-state index is 6.52. The molecule has 51 heavy (non-hydrogen) atoms. The first-order valence-corrected chi connectivity index (χ1v) is 18.3. The number of aromatic nitrogens is 1. The minimum Gasteiger partial charge on any atom is -0.455 e. The van der Waals surface area contributed by atoms with Gasteiger partial charge in [-0.3, -0.25) is 0 Å². The number of furan rings is 1. The monoisotopic (exact) mass is 665 g/mol. The summed E-state index contributed by atoms with van der Waals surface area (Å²) in [5, 5.41) is 15.4. The van der Waals surface area contributed by atoms with Crippen LogP contribution in [-0.4, -0.2) is 4.57 Å². The molecule has 12 aromatic rings. The smallest absolute Gasteiger partial charge is 0.143 e. The average Bonchev–Trinajstić information content (AvgIpc) is 3.88. The summed E-state index contributed by atoms with van der Waals surface area (Å²) in [7, 11) is 0. The highest BCUT2D eigenvalue weighted by molar-refractivity contribution is 7.27. The Labute approximate surface area is 296 Å². The van der Waals surface area contributed by atoms with Crippen LogP contribution in [0.1, 0.15) is 0 Å². The van der Waals surface area contributed by atoms with Gasteiger partial charge in [-0.2, -0.15) is 0 Å². The van der Waals surface area contributed by atoms with E-state index in [1.807, 2.05) is 17.4 Å². The van der Waals surface area contributed by atoms with Gasteiger partial charge in [-0.15, -0.1) is 11.3 Å². The van der Waals surface area contributed by atoms with Crippen molar-refractivity contribution >= 4 is 108 Å². The Kier molecular flexibility index (Phi) is 5.41. The van der Waals surface area contributed by atoms with Crippen molar-refractivity contribution < 1.29 is 4.42 Å². The van der Waals surface area contributed by atoms with Gasteiger partial charge in [-0.05, 0) is 57.4 Å². The molecule has 0 fully saturated rings. The van der Waals surface area contributed by atoms with E-state index < -0.39 is 0 Å². The van der Waals surface area contributed by atoms with Gasteiger partial charge < -0.3 is 8.98 Å². The molecule has 0 saturated carbocycles. The van der Waals surface area contributed by atoms with E-state index in [0.29, 0.717) is 0 Å². The quantitative estimate of drug-likeness (QED) is 0.168. The van der Waals surface area contributed by atoms with Crippen LogP contribution in [0.25, 0.3) is 113 Å². The lowest BCUT2D eigenvalue weighted by Crippen LogP contribution is -1.95. The largest absolute Gasteiger partial charge is 0.455 e. The van der Waals surface area contributed by atoms with Crippen molar-refractivity contribution in [1.29, 1.82) is 0 Å². The Balaban J connectivity index is 1.29. The van der Waals surface area contributed by atoms with E-state index in [4.69, 9.17) is 4.42 Å². The normalized spacial score (nSPS) is 12.3. The van der Waals surface area contributed by atoms with Gasteiger partial charge in [-0.1, -0.05) is 133 Å². The van der Waals surface area contributed by atoms with Crippen LogP contribution in [0.2, 0.25) is 0 Å². The molecule has 0 spiro atoms. The number of benzene rings is 9. The van der Waals surface area contributed by atoms with Gasteiger partial charge in [0.1, 0.15) is 11.2 Å². The lowest BCUT2D eigenvalue weighted by Gasteiger charge is -2.15. The third-order valence-electron chi connectivity index (χ3n) is 10.9. The fourth-order valence-corrected chi connectivity index (χ4v) is 10.1. The van der Waals surface area contributed by atoms with E-state index >= 15 is 0 Å². The third-order valence-corrected chi connectivity index (χ3v) is 12.1. The van der Waals surface area contributed by atoms with Crippen LogP contribution in [0.5, 0.6) is 0 Å². The molecule has 0 aliphatic heterocycles. The van der Waals surface area contributed by atoms with Crippen molar-refractivity contribution in [3.63, 3.8) is 0 Å². The number of thiophene rings is 1. The van der Waals surface area contributed by atoms with Crippen LogP contribution >= 0.6 is 11.3 Å². The van der Waals surface area contributed by atoms with E-state index in [2.05, 4.69) is 162 Å². The minimum atomic E-state index is 0.914. The molecule has 0 atom stereocenters. The maximum Gasteiger partial charge on any atom is 0.143 e. The summed E-state index contributed by atoms with van der Waals surface area (Å²) < 4.78 is 11.7. The molecular weight excluding hydrogens is 639 g/mol. The first kappa shape index (κ1) is 27.4. The Morgan fingerprint density at radius 3 is 1.84 bits per heavy atom. The fraction of sp³-hybridized carbons (Fsp3) is 0. The topological polar surface area (TPSA) is 18.1 Å². The van der Waals surface area contributed by atoms with Crippen molar-refractivity contribution in [3.8, 4) is 16.8 Å². The molecule has 3 heterocycles. The molecule has 3 aromatic heterocycles. The van der Waals surface area contributed by atoms with E-state index in [1.54, 1.807) is 0 Å².